The summed E-state index contributed by atoms with van der Waals surface area (Å²) in [5.74, 6) is 1.72. The second-order valence-electron chi connectivity index (χ2n) is 4.12. The topological polar surface area (TPSA) is 17.1 Å². The van der Waals surface area contributed by atoms with E-state index in [1.807, 2.05) is 0 Å². The minimum Gasteiger partial charge on any atom is -0.300 e. The van der Waals surface area contributed by atoms with Gasteiger partial charge in [-0.3, -0.25) is 4.79 Å². The van der Waals surface area contributed by atoms with E-state index in [1.165, 1.54) is 11.1 Å². The quantitative estimate of drug-likeness (QED) is 0.588. The minimum atomic E-state index is 0.454. The molecule has 1 nitrogen and oxygen atoms in total. The molecule has 0 amide bonds. The lowest BCUT2D eigenvalue weighted by Crippen LogP contribution is -2.30. The van der Waals surface area contributed by atoms with E-state index in [9.17, 15) is 4.79 Å². The van der Waals surface area contributed by atoms with Gasteiger partial charge in [0.05, 0.1) is 0 Å². The van der Waals surface area contributed by atoms with Crippen molar-refractivity contribution in [2.75, 3.05) is 0 Å². The molecule has 1 aromatic carbocycles. The zero-order chi connectivity index (χ0) is 8.84. The van der Waals surface area contributed by atoms with E-state index in [-0.39, 0.29) is 0 Å². The molecule has 0 radical (unpaired) electrons. The summed E-state index contributed by atoms with van der Waals surface area (Å²) in [6, 6.07) is 8.57. The lowest BCUT2D eigenvalue weighted by Gasteiger charge is -2.42. The van der Waals surface area contributed by atoms with Crippen molar-refractivity contribution in [3.63, 3.8) is 0 Å². The predicted molar refractivity (Wildman–Crippen MR) is 50.8 cm³/mol. The van der Waals surface area contributed by atoms with Crippen molar-refractivity contribution in [1.29, 1.82) is 0 Å². The van der Waals surface area contributed by atoms with Crippen molar-refractivity contribution in [3.8, 4) is 0 Å². The van der Waals surface area contributed by atoms with Crippen LogP contribution in [0.25, 0.3) is 0 Å². The Morgan fingerprint density at radius 2 is 1.77 bits per heavy atom. The summed E-state index contributed by atoms with van der Waals surface area (Å²) in [6.07, 6.45) is 2.68. The van der Waals surface area contributed by atoms with E-state index in [0.29, 0.717) is 17.6 Å². The summed E-state index contributed by atoms with van der Waals surface area (Å²) in [5.41, 5.74) is 2.93. The van der Waals surface area contributed by atoms with Gasteiger partial charge in [0.25, 0.3) is 0 Å². The molecule has 66 valence electrons. The van der Waals surface area contributed by atoms with Crippen molar-refractivity contribution in [2.24, 2.45) is 0 Å². The number of ketones is 1. The number of carbonyl (C=O) groups excluding carboxylic acids is 1. The monoisotopic (exact) mass is 172 g/mol. The molecule has 0 spiro atoms. The van der Waals surface area contributed by atoms with Crippen LogP contribution in [0.5, 0.6) is 0 Å². The highest BCUT2D eigenvalue weighted by Crippen LogP contribution is 2.53. The third-order valence-corrected chi connectivity index (χ3v) is 3.46. The van der Waals surface area contributed by atoms with Crippen LogP contribution >= 0.6 is 0 Å². The van der Waals surface area contributed by atoms with Gasteiger partial charge < -0.3 is 0 Å². The van der Waals surface area contributed by atoms with Crippen molar-refractivity contribution < 1.29 is 4.79 Å². The molecule has 1 aromatic rings. The highest BCUT2D eigenvalue weighted by atomic mass is 16.1. The molecule has 1 heteroatoms. The molecule has 0 aromatic heterocycles. The molecule has 0 saturated heterocycles. The fourth-order valence-electron chi connectivity index (χ4n) is 2.80. The van der Waals surface area contributed by atoms with Gasteiger partial charge in [0.15, 0.2) is 0 Å². The van der Waals surface area contributed by atoms with Gasteiger partial charge in [-0.05, 0) is 29.4 Å². The molecular weight excluding hydrogens is 160 g/mol. The fourth-order valence-corrected chi connectivity index (χ4v) is 2.80. The summed E-state index contributed by atoms with van der Waals surface area (Å²) in [5, 5.41) is 0. The van der Waals surface area contributed by atoms with E-state index < -0.39 is 0 Å². The summed E-state index contributed by atoms with van der Waals surface area (Å²) >= 11 is 0. The average Bonchev–Trinajstić information content (AvgIpc) is 2.15. The molecule has 2 aliphatic rings. The average molecular weight is 172 g/mol. The van der Waals surface area contributed by atoms with Crippen LogP contribution in [-0.4, -0.2) is 5.78 Å². The third-order valence-electron chi connectivity index (χ3n) is 3.46. The first-order chi connectivity index (χ1) is 6.36. The van der Waals surface area contributed by atoms with E-state index in [4.69, 9.17) is 0 Å². The van der Waals surface area contributed by atoms with E-state index in [2.05, 4.69) is 24.3 Å². The van der Waals surface area contributed by atoms with Crippen LogP contribution in [0, 0.1) is 0 Å². The molecule has 0 heterocycles. The smallest absolute Gasteiger partial charge is 0.133 e. The van der Waals surface area contributed by atoms with Gasteiger partial charge in [-0.1, -0.05) is 24.3 Å². The van der Waals surface area contributed by atoms with Gasteiger partial charge in [0.2, 0.25) is 0 Å². The van der Waals surface area contributed by atoms with Gasteiger partial charge >= 0.3 is 0 Å². The molecule has 13 heavy (non-hydrogen) atoms. The highest BCUT2D eigenvalue weighted by Gasteiger charge is 2.40. The standard InChI is InChI=1S/C12H12O/c13-8-5-6-11-9-3-1-2-4-10(9)12(11)7-8/h1-4,11-12H,5-7H2. The summed E-state index contributed by atoms with van der Waals surface area (Å²) in [4.78, 5) is 11.3. The molecule has 2 aliphatic carbocycles. The van der Waals surface area contributed by atoms with Crippen molar-refractivity contribution in [2.45, 2.75) is 31.1 Å². The molecule has 0 bridgehead atoms. The van der Waals surface area contributed by atoms with Gasteiger partial charge in [-0.15, -0.1) is 0 Å². The first kappa shape index (κ1) is 7.31. The number of Topliss-reactive ketones (excluding diaryl/α,β-unsaturated/α-hetero) is 1. The summed E-state index contributed by atoms with van der Waals surface area (Å²) < 4.78 is 0. The van der Waals surface area contributed by atoms with E-state index >= 15 is 0 Å². The van der Waals surface area contributed by atoms with Crippen LogP contribution in [0.2, 0.25) is 0 Å². The lowest BCUT2D eigenvalue weighted by atomic mass is 9.61. The third kappa shape index (κ3) is 0.902. The molecule has 0 N–H and O–H groups in total. The number of benzene rings is 1. The normalized spacial score (nSPS) is 30.3. The SMILES string of the molecule is O=C1CCC2c3ccccc3C2C1. The molecule has 1 fully saturated rings. The predicted octanol–water partition coefficient (Wildman–Crippen LogP) is 2.62. The zero-order valence-corrected chi connectivity index (χ0v) is 7.49. The van der Waals surface area contributed by atoms with Gasteiger partial charge in [0.1, 0.15) is 5.78 Å². The Hall–Kier alpha value is -1.11. The number of rotatable bonds is 0. The minimum absolute atomic E-state index is 0.454. The van der Waals surface area contributed by atoms with Crippen molar-refractivity contribution >= 4 is 5.78 Å². The van der Waals surface area contributed by atoms with Crippen molar-refractivity contribution in [3.05, 3.63) is 35.4 Å². The van der Waals surface area contributed by atoms with Crippen LogP contribution in [-0.2, 0) is 4.79 Å². The Kier molecular flexibility index (Phi) is 1.37. The fraction of sp³-hybridized carbons (Fsp3) is 0.417. The first-order valence-corrected chi connectivity index (χ1v) is 4.97. The van der Waals surface area contributed by atoms with Gasteiger partial charge in [-0.25, -0.2) is 0 Å². The van der Waals surface area contributed by atoms with Crippen LogP contribution in [0.1, 0.15) is 42.2 Å². The molecular formula is C12H12O. The maximum atomic E-state index is 11.3. The van der Waals surface area contributed by atoms with E-state index in [0.717, 1.165) is 19.3 Å². The van der Waals surface area contributed by atoms with Crippen LogP contribution in [0.15, 0.2) is 24.3 Å². The Bertz CT molecular complexity index is 367. The molecule has 1 saturated carbocycles. The van der Waals surface area contributed by atoms with Gasteiger partial charge in [-0.2, -0.15) is 0 Å². The first-order valence-electron chi connectivity index (χ1n) is 4.97. The Morgan fingerprint density at radius 3 is 2.54 bits per heavy atom. The molecule has 2 unspecified atom stereocenters. The number of hydrogen-bond acceptors (Lipinski definition) is 1. The highest BCUT2D eigenvalue weighted by molar-refractivity contribution is 5.81. The second kappa shape index (κ2) is 2.44. The van der Waals surface area contributed by atoms with E-state index in [1.54, 1.807) is 0 Å². The lowest BCUT2D eigenvalue weighted by molar-refractivity contribution is -0.121. The Labute approximate surface area is 77.8 Å². The number of hydrogen-bond donors (Lipinski definition) is 0. The van der Waals surface area contributed by atoms with Crippen LogP contribution in [0.3, 0.4) is 0 Å². The van der Waals surface area contributed by atoms with Crippen molar-refractivity contribution in [1.82, 2.24) is 0 Å². The molecule has 2 atom stereocenters. The maximum absolute atomic E-state index is 11.3. The second-order valence-corrected chi connectivity index (χ2v) is 4.12. The van der Waals surface area contributed by atoms with Crippen LogP contribution < -0.4 is 0 Å². The molecule has 0 aliphatic heterocycles. The molecule has 3 rings (SSSR count). The zero-order valence-electron chi connectivity index (χ0n) is 7.49. The Balaban J connectivity index is 2.01. The van der Waals surface area contributed by atoms with Crippen LogP contribution in [0.4, 0.5) is 0 Å². The summed E-state index contributed by atoms with van der Waals surface area (Å²) in [6.45, 7) is 0. The number of fused-ring (bicyclic) bond motifs is 4. The largest absolute Gasteiger partial charge is 0.300 e. The Morgan fingerprint density at radius 1 is 1.08 bits per heavy atom. The summed E-state index contributed by atoms with van der Waals surface area (Å²) in [7, 11) is 0. The van der Waals surface area contributed by atoms with Gasteiger partial charge in [0, 0.05) is 12.8 Å². The maximum Gasteiger partial charge on any atom is 0.133 e. The number of carbonyl (C=O) groups is 1.